The van der Waals surface area contributed by atoms with E-state index < -0.39 is 20.0 Å². The van der Waals surface area contributed by atoms with Gasteiger partial charge in [0.15, 0.2) is 0 Å². The molecule has 2 aromatic heterocycles. The molecule has 4 rings (SSSR count). The number of hydrogen-bond acceptors (Lipinski definition) is 6. The molecule has 0 saturated carbocycles. The number of aromatic amines is 1. The number of nitrogens with one attached hydrogen (secondary N) is 3. The average Bonchev–Trinajstić information content (AvgIpc) is 3.61. The number of benzene rings is 2. The standard InChI is InChI=1S/C16H15N3O2S.C13H13N3O2S/c1-3-11-19-15(12-17)9-10-16(19)13-5-7-14(8-6-13)18-22(20,21)4-2;1-2-19(17,18)16-11-5-3-10(4-6-11)13-8-7-12(9-14)15-13/h1,5-10,18H,4,11H2,2H3;3-8,15-16H,2H2,1H3. The molecule has 0 amide bonds. The van der Waals surface area contributed by atoms with Crippen molar-refractivity contribution < 1.29 is 16.8 Å². The van der Waals surface area contributed by atoms with Crippen molar-refractivity contribution in [1.29, 1.82) is 10.5 Å². The minimum atomic E-state index is -3.29. The van der Waals surface area contributed by atoms with Crippen LogP contribution in [0.4, 0.5) is 11.4 Å². The van der Waals surface area contributed by atoms with Crippen molar-refractivity contribution in [2.75, 3.05) is 20.9 Å². The normalized spacial score (nSPS) is 10.8. The van der Waals surface area contributed by atoms with E-state index in [1.807, 2.05) is 18.2 Å². The van der Waals surface area contributed by atoms with Gasteiger partial charge in [-0.2, -0.15) is 10.5 Å². The molecule has 3 N–H and O–H groups in total. The van der Waals surface area contributed by atoms with Gasteiger partial charge >= 0.3 is 0 Å². The molecule has 0 bridgehead atoms. The number of terminal acetylenes is 1. The SMILES string of the molecule is C#CCn1c(C#N)ccc1-c1ccc(NS(=O)(=O)CC)cc1.CCS(=O)(=O)Nc1ccc(-c2ccc(C#N)[nH]2)cc1. The third-order valence-corrected chi connectivity index (χ3v) is 8.45. The summed E-state index contributed by atoms with van der Waals surface area (Å²) in [5.74, 6) is 2.58. The highest BCUT2D eigenvalue weighted by Gasteiger charge is 2.11. The summed E-state index contributed by atoms with van der Waals surface area (Å²) in [6, 6.07) is 25.1. The van der Waals surface area contributed by atoms with Gasteiger partial charge in [0.05, 0.1) is 18.1 Å². The third kappa shape index (κ3) is 8.26. The first-order valence-corrected chi connectivity index (χ1v) is 15.7. The topological polar surface area (TPSA) is 161 Å². The summed E-state index contributed by atoms with van der Waals surface area (Å²) in [6.07, 6.45) is 5.34. The molecule has 0 aliphatic rings. The van der Waals surface area contributed by atoms with Crippen molar-refractivity contribution in [3.8, 4) is 47.0 Å². The van der Waals surface area contributed by atoms with Gasteiger partial charge in [-0.1, -0.05) is 30.2 Å². The fourth-order valence-electron chi connectivity index (χ4n) is 3.64. The summed E-state index contributed by atoms with van der Waals surface area (Å²) >= 11 is 0. The van der Waals surface area contributed by atoms with E-state index in [2.05, 4.69) is 26.4 Å². The van der Waals surface area contributed by atoms with Crippen LogP contribution in [0.25, 0.3) is 22.5 Å². The van der Waals surface area contributed by atoms with Crippen LogP contribution in [0, 0.1) is 35.0 Å². The fraction of sp³-hybridized carbons (Fsp3) is 0.172. The summed E-state index contributed by atoms with van der Waals surface area (Å²) < 4.78 is 52.6. The van der Waals surface area contributed by atoms with Gasteiger partial charge in [0.1, 0.15) is 23.5 Å². The highest BCUT2D eigenvalue weighted by molar-refractivity contribution is 7.92. The van der Waals surface area contributed by atoms with E-state index in [-0.39, 0.29) is 11.5 Å². The maximum Gasteiger partial charge on any atom is 0.232 e. The highest BCUT2D eigenvalue weighted by Crippen LogP contribution is 2.25. The zero-order chi connectivity index (χ0) is 30.0. The van der Waals surface area contributed by atoms with Gasteiger partial charge < -0.3 is 9.55 Å². The van der Waals surface area contributed by atoms with Crippen molar-refractivity contribution in [3.05, 3.63) is 84.2 Å². The zero-order valence-corrected chi connectivity index (χ0v) is 24.1. The molecule has 0 aliphatic heterocycles. The highest BCUT2D eigenvalue weighted by atomic mass is 32.2. The van der Waals surface area contributed by atoms with Crippen molar-refractivity contribution in [2.45, 2.75) is 20.4 Å². The van der Waals surface area contributed by atoms with E-state index in [4.69, 9.17) is 16.9 Å². The first kappa shape index (κ1) is 30.6. The Morgan fingerprint density at radius 2 is 1.29 bits per heavy atom. The number of nitriles is 2. The first-order chi connectivity index (χ1) is 19.5. The second-order valence-corrected chi connectivity index (χ2v) is 12.6. The molecule has 0 saturated heterocycles. The Balaban J connectivity index is 0.000000228. The molecule has 0 spiro atoms. The number of anilines is 2. The van der Waals surface area contributed by atoms with Gasteiger partial charge in [0.2, 0.25) is 20.0 Å². The van der Waals surface area contributed by atoms with E-state index in [0.29, 0.717) is 29.3 Å². The Hall–Kier alpha value is -4.96. The summed E-state index contributed by atoms with van der Waals surface area (Å²) in [5.41, 5.74) is 5.39. The Morgan fingerprint density at radius 3 is 1.73 bits per heavy atom. The lowest BCUT2D eigenvalue weighted by atomic mass is 10.1. The van der Waals surface area contributed by atoms with E-state index in [9.17, 15) is 16.8 Å². The average molecular weight is 589 g/mol. The van der Waals surface area contributed by atoms with Crippen molar-refractivity contribution in [3.63, 3.8) is 0 Å². The van der Waals surface area contributed by atoms with Crippen molar-refractivity contribution in [2.24, 2.45) is 0 Å². The Labute approximate surface area is 240 Å². The molecular weight excluding hydrogens is 560 g/mol. The summed E-state index contributed by atoms with van der Waals surface area (Å²) in [6.45, 7) is 3.46. The van der Waals surface area contributed by atoms with Crippen LogP contribution in [0.15, 0.2) is 72.8 Å². The fourth-order valence-corrected chi connectivity index (χ4v) is 4.92. The Kier molecular flexibility index (Phi) is 10.00. The predicted octanol–water partition coefficient (Wildman–Crippen LogP) is 4.74. The molecule has 2 aromatic carbocycles. The van der Waals surface area contributed by atoms with E-state index in [1.165, 1.54) is 0 Å². The van der Waals surface area contributed by atoms with Gasteiger partial charge in [0.25, 0.3) is 0 Å². The molecule has 10 nitrogen and oxygen atoms in total. The maximum atomic E-state index is 11.5. The second-order valence-electron chi connectivity index (χ2n) is 8.57. The maximum absolute atomic E-state index is 11.5. The number of H-pyrrole nitrogens is 1. The van der Waals surface area contributed by atoms with Gasteiger partial charge in [-0.15, -0.1) is 6.42 Å². The minimum absolute atomic E-state index is 0.0191. The summed E-state index contributed by atoms with van der Waals surface area (Å²) in [4.78, 5) is 2.96. The smallest absolute Gasteiger partial charge is 0.232 e. The molecule has 2 heterocycles. The van der Waals surface area contributed by atoms with Crippen LogP contribution in [0.5, 0.6) is 0 Å². The van der Waals surface area contributed by atoms with E-state index in [0.717, 1.165) is 22.5 Å². The lowest BCUT2D eigenvalue weighted by Gasteiger charge is -2.09. The Bertz CT molecular complexity index is 1830. The van der Waals surface area contributed by atoms with Crippen molar-refractivity contribution >= 4 is 31.4 Å². The van der Waals surface area contributed by atoms with E-state index >= 15 is 0 Å². The minimum Gasteiger partial charge on any atom is -0.346 e. The van der Waals surface area contributed by atoms with Crippen LogP contribution in [-0.4, -0.2) is 37.9 Å². The van der Waals surface area contributed by atoms with Crippen LogP contribution < -0.4 is 9.44 Å². The lowest BCUT2D eigenvalue weighted by Crippen LogP contribution is -2.14. The first-order valence-electron chi connectivity index (χ1n) is 12.4. The molecule has 0 unspecified atom stereocenters. The molecule has 0 radical (unpaired) electrons. The predicted molar refractivity (Wildman–Crippen MR) is 161 cm³/mol. The van der Waals surface area contributed by atoms with Crippen LogP contribution in [0.2, 0.25) is 0 Å². The lowest BCUT2D eigenvalue weighted by molar-refractivity contribution is 0.600. The second kappa shape index (κ2) is 13.4. The van der Waals surface area contributed by atoms with Crippen molar-refractivity contribution in [1.82, 2.24) is 9.55 Å². The molecule has 41 heavy (non-hydrogen) atoms. The van der Waals surface area contributed by atoms with Crippen LogP contribution >= 0.6 is 0 Å². The molecule has 0 aliphatic carbocycles. The van der Waals surface area contributed by atoms with Gasteiger partial charge in [-0.25, -0.2) is 16.8 Å². The largest absolute Gasteiger partial charge is 0.346 e. The monoisotopic (exact) mass is 588 g/mol. The van der Waals surface area contributed by atoms with Gasteiger partial charge in [0, 0.05) is 22.8 Å². The van der Waals surface area contributed by atoms with Gasteiger partial charge in [-0.05, 0) is 73.5 Å². The number of rotatable bonds is 9. The molecule has 0 fully saturated rings. The van der Waals surface area contributed by atoms with Crippen LogP contribution in [0.3, 0.4) is 0 Å². The Morgan fingerprint density at radius 1 is 0.756 bits per heavy atom. The molecule has 4 aromatic rings. The number of aromatic nitrogens is 2. The van der Waals surface area contributed by atoms with Crippen LogP contribution in [0.1, 0.15) is 25.2 Å². The molecule has 210 valence electrons. The van der Waals surface area contributed by atoms with Crippen LogP contribution in [-0.2, 0) is 26.6 Å². The zero-order valence-electron chi connectivity index (χ0n) is 22.4. The molecular formula is C29H28N6O4S2. The summed E-state index contributed by atoms with van der Waals surface area (Å²) in [7, 11) is -6.54. The third-order valence-electron chi connectivity index (χ3n) is 5.83. The quantitative estimate of drug-likeness (QED) is 0.239. The van der Waals surface area contributed by atoms with E-state index in [1.54, 1.807) is 79.1 Å². The number of nitrogens with zero attached hydrogens (tertiary/aromatic N) is 3. The van der Waals surface area contributed by atoms with Gasteiger partial charge in [-0.3, -0.25) is 9.44 Å². The molecule has 12 heteroatoms. The molecule has 0 atom stereocenters. The number of sulfonamides is 2. The summed E-state index contributed by atoms with van der Waals surface area (Å²) in [5, 5.41) is 17.8. The number of hydrogen-bond donors (Lipinski definition) is 3.